The molecule has 1 N–H and O–H groups in total. The number of nitrogens with one attached hydrogen (secondary N) is 1. The van der Waals surface area contributed by atoms with Crippen molar-refractivity contribution >= 4 is 70.8 Å². The summed E-state index contributed by atoms with van der Waals surface area (Å²) in [6.07, 6.45) is 0. The van der Waals surface area contributed by atoms with Gasteiger partial charge in [-0.1, -0.05) is 35.3 Å². The molecule has 0 unspecified atom stereocenters. The van der Waals surface area contributed by atoms with Gasteiger partial charge in [0, 0.05) is 8.95 Å². The molecule has 0 aliphatic carbocycles. The van der Waals surface area contributed by atoms with Crippen LogP contribution in [-0.4, -0.2) is 8.42 Å². The third-order valence-corrected chi connectivity index (χ3v) is 6.55. The van der Waals surface area contributed by atoms with Crippen LogP contribution in [0.4, 0.5) is 5.69 Å². The molecule has 8 heteroatoms. The van der Waals surface area contributed by atoms with Crippen LogP contribution in [0.25, 0.3) is 0 Å². The Labute approximate surface area is 143 Å². The number of sulfonamides is 1. The Balaban J connectivity index is 2.45. The molecular weight excluding hydrogens is 453 g/mol. The van der Waals surface area contributed by atoms with E-state index in [1.54, 1.807) is 24.3 Å². The quantitative estimate of drug-likeness (QED) is 0.631. The van der Waals surface area contributed by atoms with Crippen LogP contribution in [0.5, 0.6) is 0 Å². The Kier molecular flexibility index (Phi) is 5.02. The zero-order chi connectivity index (χ0) is 14.9. The maximum atomic E-state index is 12.3. The summed E-state index contributed by atoms with van der Waals surface area (Å²) >= 11 is 18.4. The topological polar surface area (TPSA) is 46.2 Å². The van der Waals surface area contributed by atoms with E-state index in [2.05, 4.69) is 36.6 Å². The van der Waals surface area contributed by atoms with Gasteiger partial charge in [0.1, 0.15) is 4.90 Å². The largest absolute Gasteiger partial charge is 0.278 e. The molecule has 2 aromatic rings. The molecular formula is C12H7Br2Cl2NO2S. The highest BCUT2D eigenvalue weighted by Crippen LogP contribution is 2.37. The number of halogens is 4. The highest BCUT2D eigenvalue weighted by atomic mass is 79.9. The van der Waals surface area contributed by atoms with Gasteiger partial charge >= 0.3 is 0 Å². The van der Waals surface area contributed by atoms with Gasteiger partial charge in [0.05, 0.1) is 15.7 Å². The zero-order valence-electron chi connectivity index (χ0n) is 9.70. The molecule has 0 saturated carbocycles. The number of hydrogen-bond donors (Lipinski definition) is 1. The SMILES string of the molecule is O=S(=O)(Nc1ccc(Br)c(Cl)c1Cl)c1ccccc1Br. The average Bonchev–Trinajstić information content (AvgIpc) is 2.40. The van der Waals surface area contributed by atoms with E-state index in [4.69, 9.17) is 23.2 Å². The van der Waals surface area contributed by atoms with Crippen LogP contribution in [0.1, 0.15) is 0 Å². The van der Waals surface area contributed by atoms with E-state index in [1.165, 1.54) is 12.1 Å². The number of benzene rings is 2. The van der Waals surface area contributed by atoms with Gasteiger partial charge in [-0.05, 0) is 56.1 Å². The predicted molar refractivity (Wildman–Crippen MR) is 89.1 cm³/mol. The fourth-order valence-corrected chi connectivity index (χ4v) is 4.42. The fourth-order valence-electron chi connectivity index (χ4n) is 1.47. The molecule has 0 aromatic heterocycles. The molecule has 2 aromatic carbocycles. The summed E-state index contributed by atoms with van der Waals surface area (Å²) < 4.78 is 28.1. The smallest absolute Gasteiger partial charge is 0.263 e. The van der Waals surface area contributed by atoms with Crippen LogP contribution in [0.15, 0.2) is 50.2 Å². The molecule has 20 heavy (non-hydrogen) atoms. The second kappa shape index (κ2) is 6.23. The molecule has 3 nitrogen and oxygen atoms in total. The average molecular weight is 460 g/mol. The fraction of sp³-hybridized carbons (Fsp3) is 0. The third-order valence-electron chi connectivity index (χ3n) is 2.41. The number of anilines is 1. The van der Waals surface area contributed by atoms with Crippen LogP contribution < -0.4 is 4.72 Å². The summed E-state index contributed by atoms with van der Waals surface area (Å²) in [4.78, 5) is 0.120. The Hall–Kier alpha value is -0.270. The van der Waals surface area contributed by atoms with Crippen molar-refractivity contribution in [3.63, 3.8) is 0 Å². The van der Waals surface area contributed by atoms with E-state index in [1.807, 2.05) is 0 Å². The third kappa shape index (κ3) is 3.31. The molecule has 0 aliphatic heterocycles. The molecule has 0 fully saturated rings. The minimum atomic E-state index is -3.75. The second-order valence-corrected chi connectivity index (χ2v) is 7.87. The van der Waals surface area contributed by atoms with Crippen molar-refractivity contribution in [1.29, 1.82) is 0 Å². The molecule has 106 valence electrons. The summed E-state index contributed by atoms with van der Waals surface area (Å²) in [5.41, 5.74) is 0.218. The van der Waals surface area contributed by atoms with E-state index in [-0.39, 0.29) is 20.6 Å². The van der Waals surface area contributed by atoms with E-state index in [0.29, 0.717) is 8.95 Å². The van der Waals surface area contributed by atoms with Gasteiger partial charge in [-0.2, -0.15) is 0 Å². The van der Waals surface area contributed by atoms with Crippen molar-refractivity contribution in [2.45, 2.75) is 4.90 Å². The van der Waals surface area contributed by atoms with Crippen molar-refractivity contribution in [2.75, 3.05) is 4.72 Å². The first-order chi connectivity index (χ1) is 9.33. The Morgan fingerprint density at radius 2 is 1.55 bits per heavy atom. The van der Waals surface area contributed by atoms with Crippen LogP contribution in [0.2, 0.25) is 10.0 Å². The van der Waals surface area contributed by atoms with Crippen molar-refractivity contribution in [3.8, 4) is 0 Å². The molecule has 0 radical (unpaired) electrons. The summed E-state index contributed by atoms with van der Waals surface area (Å²) in [6.45, 7) is 0. The summed E-state index contributed by atoms with van der Waals surface area (Å²) in [5, 5.41) is 0.385. The molecule has 0 heterocycles. The Morgan fingerprint density at radius 1 is 0.900 bits per heavy atom. The van der Waals surface area contributed by atoms with E-state index < -0.39 is 10.0 Å². The first-order valence-electron chi connectivity index (χ1n) is 5.24. The van der Waals surface area contributed by atoms with Crippen molar-refractivity contribution in [2.24, 2.45) is 0 Å². The lowest BCUT2D eigenvalue weighted by Gasteiger charge is -2.12. The first kappa shape index (κ1) is 16.1. The summed E-state index contributed by atoms with van der Waals surface area (Å²) in [7, 11) is -3.75. The summed E-state index contributed by atoms with van der Waals surface area (Å²) in [5.74, 6) is 0. The molecule has 0 saturated heterocycles. The van der Waals surface area contributed by atoms with Crippen LogP contribution in [0, 0.1) is 0 Å². The van der Waals surface area contributed by atoms with Gasteiger partial charge < -0.3 is 0 Å². The highest BCUT2D eigenvalue weighted by molar-refractivity contribution is 9.10. The predicted octanol–water partition coefficient (Wildman–Crippen LogP) is 5.32. The lowest BCUT2D eigenvalue weighted by Crippen LogP contribution is -2.13. The van der Waals surface area contributed by atoms with Crippen LogP contribution in [-0.2, 0) is 10.0 Å². The zero-order valence-corrected chi connectivity index (χ0v) is 15.2. The van der Waals surface area contributed by atoms with Gasteiger partial charge in [-0.15, -0.1) is 0 Å². The molecule has 0 spiro atoms. The standard InChI is InChI=1S/C12H7Br2Cl2NO2S/c13-7-3-1-2-4-10(7)20(18,19)17-9-6-5-8(14)11(15)12(9)16/h1-6,17H. The number of hydrogen-bond acceptors (Lipinski definition) is 2. The van der Waals surface area contributed by atoms with Gasteiger partial charge in [-0.25, -0.2) is 8.42 Å². The van der Waals surface area contributed by atoms with Gasteiger partial charge in [0.15, 0.2) is 0 Å². The lowest BCUT2D eigenvalue weighted by molar-refractivity contribution is 0.601. The lowest BCUT2D eigenvalue weighted by atomic mass is 10.3. The monoisotopic (exact) mass is 457 g/mol. The number of rotatable bonds is 3. The van der Waals surface area contributed by atoms with Gasteiger partial charge in [0.2, 0.25) is 0 Å². The second-order valence-electron chi connectivity index (χ2n) is 3.76. The molecule has 0 amide bonds. The molecule has 0 atom stereocenters. The molecule has 0 aliphatic rings. The van der Waals surface area contributed by atoms with Crippen LogP contribution >= 0.6 is 55.1 Å². The van der Waals surface area contributed by atoms with Crippen molar-refractivity contribution < 1.29 is 8.42 Å². The maximum absolute atomic E-state index is 12.3. The van der Waals surface area contributed by atoms with E-state index >= 15 is 0 Å². The Bertz CT molecular complexity index is 766. The highest BCUT2D eigenvalue weighted by Gasteiger charge is 2.19. The minimum Gasteiger partial charge on any atom is -0.278 e. The van der Waals surface area contributed by atoms with E-state index in [0.717, 1.165) is 0 Å². The van der Waals surface area contributed by atoms with Gasteiger partial charge in [0.25, 0.3) is 10.0 Å². The van der Waals surface area contributed by atoms with E-state index in [9.17, 15) is 8.42 Å². The van der Waals surface area contributed by atoms with Crippen molar-refractivity contribution in [1.82, 2.24) is 0 Å². The Morgan fingerprint density at radius 3 is 2.20 bits per heavy atom. The normalized spacial score (nSPS) is 11.4. The summed E-state index contributed by atoms with van der Waals surface area (Å²) in [6, 6.07) is 9.65. The van der Waals surface area contributed by atoms with Gasteiger partial charge in [-0.3, -0.25) is 4.72 Å². The first-order valence-corrected chi connectivity index (χ1v) is 9.06. The molecule has 0 bridgehead atoms. The minimum absolute atomic E-state index is 0.120. The van der Waals surface area contributed by atoms with Crippen LogP contribution in [0.3, 0.4) is 0 Å². The molecule has 2 rings (SSSR count). The maximum Gasteiger partial charge on any atom is 0.263 e. The van der Waals surface area contributed by atoms with Crippen molar-refractivity contribution in [3.05, 3.63) is 55.4 Å².